The number of carboxylic acids is 1. The molecule has 5 heteroatoms. The van der Waals surface area contributed by atoms with E-state index in [2.05, 4.69) is 4.90 Å². The molecule has 104 valence electrons. The lowest BCUT2D eigenvalue weighted by molar-refractivity contribution is -0.137. The number of hydrogen-bond donors (Lipinski definition) is 2. The van der Waals surface area contributed by atoms with Crippen LogP contribution in [0.25, 0.3) is 0 Å². The van der Waals surface area contributed by atoms with Crippen LogP contribution in [0.4, 0.5) is 5.69 Å². The van der Waals surface area contributed by atoms with E-state index >= 15 is 0 Å². The normalized spacial score (nSPS) is 15.8. The van der Waals surface area contributed by atoms with Gasteiger partial charge in [0.05, 0.1) is 13.5 Å². The Balaban J connectivity index is 2.43. The number of benzene rings is 1. The van der Waals surface area contributed by atoms with E-state index in [-0.39, 0.29) is 6.42 Å². The summed E-state index contributed by atoms with van der Waals surface area (Å²) in [6.07, 6.45) is 1.92. The van der Waals surface area contributed by atoms with Crippen molar-refractivity contribution >= 4 is 11.7 Å². The molecule has 2 rings (SSSR count). The molecular formula is C14H20N2O3. The van der Waals surface area contributed by atoms with Crippen LogP contribution in [0.2, 0.25) is 0 Å². The van der Waals surface area contributed by atoms with Crippen molar-refractivity contribution < 1.29 is 14.6 Å². The number of carboxylic acid groups (broad SMARTS) is 1. The number of rotatable bonds is 4. The zero-order valence-corrected chi connectivity index (χ0v) is 11.3. The Kier molecular flexibility index (Phi) is 3.95. The van der Waals surface area contributed by atoms with Crippen LogP contribution in [0.15, 0.2) is 12.1 Å². The predicted octanol–water partition coefficient (Wildman–Crippen LogP) is 1.55. The highest BCUT2D eigenvalue weighted by atomic mass is 16.5. The highest BCUT2D eigenvalue weighted by Gasteiger charge is 2.23. The number of hydrogen-bond acceptors (Lipinski definition) is 4. The number of ether oxygens (including phenoxy) is 1. The van der Waals surface area contributed by atoms with Crippen molar-refractivity contribution in [1.29, 1.82) is 0 Å². The van der Waals surface area contributed by atoms with E-state index in [9.17, 15) is 4.79 Å². The lowest BCUT2D eigenvalue weighted by Crippen LogP contribution is -2.26. The molecule has 1 atom stereocenters. The van der Waals surface area contributed by atoms with Crippen molar-refractivity contribution in [3.05, 3.63) is 23.3 Å². The van der Waals surface area contributed by atoms with Crippen molar-refractivity contribution in [2.45, 2.75) is 25.3 Å². The van der Waals surface area contributed by atoms with Crippen molar-refractivity contribution in [3.8, 4) is 5.75 Å². The SMILES string of the molecule is COc1c(C(N)CC(=O)O)ccc2c1CCCN2C. The molecule has 0 fully saturated rings. The van der Waals surface area contributed by atoms with E-state index < -0.39 is 12.0 Å². The quantitative estimate of drug-likeness (QED) is 0.863. The van der Waals surface area contributed by atoms with E-state index in [1.807, 2.05) is 19.2 Å². The molecule has 0 amide bonds. The van der Waals surface area contributed by atoms with Crippen LogP contribution in [0.5, 0.6) is 5.75 Å². The van der Waals surface area contributed by atoms with Crippen LogP contribution in [0.1, 0.15) is 30.0 Å². The molecule has 0 radical (unpaired) electrons. The molecule has 19 heavy (non-hydrogen) atoms. The molecule has 1 aliphatic heterocycles. The van der Waals surface area contributed by atoms with Crippen molar-refractivity contribution in [1.82, 2.24) is 0 Å². The fourth-order valence-electron chi connectivity index (χ4n) is 2.68. The van der Waals surface area contributed by atoms with Gasteiger partial charge in [-0.25, -0.2) is 0 Å². The van der Waals surface area contributed by atoms with Gasteiger partial charge in [0.15, 0.2) is 0 Å². The number of nitrogens with zero attached hydrogens (tertiary/aromatic N) is 1. The molecule has 0 aliphatic carbocycles. The monoisotopic (exact) mass is 264 g/mol. The number of aliphatic carboxylic acids is 1. The molecule has 1 aliphatic rings. The van der Waals surface area contributed by atoms with E-state index in [1.54, 1.807) is 7.11 Å². The maximum atomic E-state index is 10.8. The van der Waals surface area contributed by atoms with E-state index in [0.717, 1.165) is 42.0 Å². The van der Waals surface area contributed by atoms with Gasteiger partial charge in [-0.15, -0.1) is 0 Å². The van der Waals surface area contributed by atoms with Gasteiger partial charge in [0.2, 0.25) is 0 Å². The second kappa shape index (κ2) is 5.48. The standard InChI is InChI=1S/C14H20N2O3/c1-16-7-3-4-10-12(16)6-5-9(14(10)19-2)11(15)8-13(17)18/h5-6,11H,3-4,7-8,15H2,1-2H3,(H,17,18). The number of nitrogens with two attached hydrogens (primary N) is 1. The summed E-state index contributed by atoms with van der Waals surface area (Å²) in [7, 11) is 3.66. The molecule has 5 nitrogen and oxygen atoms in total. The molecule has 3 N–H and O–H groups in total. The highest BCUT2D eigenvalue weighted by Crippen LogP contribution is 2.38. The molecule has 0 bridgehead atoms. The molecule has 0 aromatic heterocycles. The van der Waals surface area contributed by atoms with Gasteiger partial charge in [-0.1, -0.05) is 6.07 Å². The van der Waals surface area contributed by atoms with E-state index in [1.165, 1.54) is 0 Å². The summed E-state index contributed by atoms with van der Waals surface area (Å²) in [4.78, 5) is 13.0. The third kappa shape index (κ3) is 2.66. The van der Waals surface area contributed by atoms with Gasteiger partial charge in [0.25, 0.3) is 0 Å². The number of fused-ring (bicyclic) bond motifs is 1. The smallest absolute Gasteiger partial charge is 0.305 e. The first-order chi connectivity index (χ1) is 9.04. The Morgan fingerprint density at radius 2 is 2.32 bits per heavy atom. The first kappa shape index (κ1) is 13.7. The summed E-state index contributed by atoms with van der Waals surface area (Å²) in [5.74, 6) is -0.151. The first-order valence-corrected chi connectivity index (χ1v) is 6.43. The molecule has 0 saturated carbocycles. The summed E-state index contributed by atoms with van der Waals surface area (Å²) in [5.41, 5.74) is 9.02. The molecule has 0 saturated heterocycles. The summed E-state index contributed by atoms with van der Waals surface area (Å²) in [6.45, 7) is 1.02. The van der Waals surface area contributed by atoms with Crippen LogP contribution in [-0.4, -0.2) is 31.8 Å². The topological polar surface area (TPSA) is 75.8 Å². The summed E-state index contributed by atoms with van der Waals surface area (Å²) < 4.78 is 5.50. The lowest BCUT2D eigenvalue weighted by Gasteiger charge is -2.30. The molecule has 1 heterocycles. The molecule has 1 aromatic carbocycles. The predicted molar refractivity (Wildman–Crippen MR) is 73.8 cm³/mol. The second-order valence-electron chi connectivity index (χ2n) is 4.92. The Labute approximate surface area is 113 Å². The average Bonchev–Trinajstić information content (AvgIpc) is 2.37. The van der Waals surface area contributed by atoms with Crippen molar-refractivity contribution in [2.75, 3.05) is 25.6 Å². The van der Waals surface area contributed by atoms with Crippen molar-refractivity contribution in [3.63, 3.8) is 0 Å². The highest BCUT2D eigenvalue weighted by molar-refractivity contribution is 5.69. The summed E-state index contributed by atoms with van der Waals surface area (Å²) in [5, 5.41) is 8.86. The van der Waals surface area contributed by atoms with Gasteiger partial charge in [0, 0.05) is 36.4 Å². The van der Waals surface area contributed by atoms with Crippen molar-refractivity contribution in [2.24, 2.45) is 5.73 Å². The van der Waals surface area contributed by atoms with Gasteiger partial charge in [-0.05, 0) is 18.9 Å². The molecule has 1 unspecified atom stereocenters. The fraction of sp³-hybridized carbons (Fsp3) is 0.500. The van der Waals surface area contributed by atoms with Crippen LogP contribution in [-0.2, 0) is 11.2 Å². The number of carbonyl (C=O) groups is 1. The zero-order valence-electron chi connectivity index (χ0n) is 11.3. The first-order valence-electron chi connectivity index (χ1n) is 6.43. The van der Waals surface area contributed by atoms with Crippen LogP contribution < -0.4 is 15.4 Å². The van der Waals surface area contributed by atoms with Gasteiger partial charge in [0.1, 0.15) is 5.75 Å². The maximum absolute atomic E-state index is 10.8. The molecule has 1 aromatic rings. The second-order valence-corrected chi connectivity index (χ2v) is 4.92. The summed E-state index contributed by atoms with van der Waals surface area (Å²) in [6, 6.07) is 3.35. The third-order valence-corrected chi connectivity index (χ3v) is 3.60. The van der Waals surface area contributed by atoms with Gasteiger partial charge in [-0.3, -0.25) is 4.79 Å². The Bertz CT molecular complexity index is 488. The Hall–Kier alpha value is -1.75. The zero-order chi connectivity index (χ0) is 14.0. The van der Waals surface area contributed by atoms with Crippen LogP contribution in [0.3, 0.4) is 0 Å². The minimum atomic E-state index is -0.899. The Morgan fingerprint density at radius 1 is 1.58 bits per heavy atom. The maximum Gasteiger partial charge on any atom is 0.305 e. The van der Waals surface area contributed by atoms with Crippen LogP contribution in [0, 0.1) is 0 Å². The number of anilines is 1. The van der Waals surface area contributed by atoms with Crippen LogP contribution >= 0.6 is 0 Å². The third-order valence-electron chi connectivity index (χ3n) is 3.60. The minimum absolute atomic E-state index is 0.0923. The molecular weight excluding hydrogens is 244 g/mol. The average molecular weight is 264 g/mol. The fourth-order valence-corrected chi connectivity index (χ4v) is 2.68. The van der Waals surface area contributed by atoms with E-state index in [4.69, 9.17) is 15.6 Å². The largest absolute Gasteiger partial charge is 0.496 e. The van der Waals surface area contributed by atoms with Gasteiger partial charge < -0.3 is 20.5 Å². The minimum Gasteiger partial charge on any atom is -0.496 e. The lowest BCUT2D eigenvalue weighted by atomic mass is 9.94. The number of methoxy groups -OCH3 is 1. The van der Waals surface area contributed by atoms with E-state index in [0.29, 0.717) is 0 Å². The molecule has 0 spiro atoms. The van der Waals surface area contributed by atoms with Gasteiger partial charge >= 0.3 is 5.97 Å². The Morgan fingerprint density at radius 3 is 2.95 bits per heavy atom. The van der Waals surface area contributed by atoms with Gasteiger partial charge in [-0.2, -0.15) is 0 Å². The summed E-state index contributed by atoms with van der Waals surface area (Å²) >= 11 is 0.